The first-order valence-electron chi connectivity index (χ1n) is 23.4. The van der Waals surface area contributed by atoms with E-state index in [9.17, 15) is 46.3 Å². The number of aromatic nitrogens is 1. The predicted octanol–water partition coefficient (Wildman–Crippen LogP) is 8.01. The molecule has 0 spiro atoms. The topological polar surface area (TPSA) is 235 Å². The SMILES string of the molecule is CCN(CC)CCN(C(=O)OCCN(C)C(=O)OC1CCC(Nc2cc(N=C3CC(C)(C)CC(=O)C3=C(N)C(F)(F)F)ccc2C(N)=O)CC1)C(=O)c1c(C)[nH]c(/C=C2\C(=O)Nc3ccc(F)cc32)c1C. The van der Waals surface area contributed by atoms with Crippen molar-refractivity contribution in [2.45, 2.75) is 98.4 Å². The van der Waals surface area contributed by atoms with Crippen molar-refractivity contribution in [3.8, 4) is 0 Å². The van der Waals surface area contributed by atoms with Gasteiger partial charge in [-0.3, -0.25) is 24.2 Å². The van der Waals surface area contributed by atoms with Crippen molar-refractivity contribution in [1.29, 1.82) is 0 Å². The van der Waals surface area contributed by atoms with Crippen LogP contribution in [0.5, 0.6) is 0 Å². The molecular weight excluding hydrogens is 931 g/mol. The normalized spacial score (nSPS) is 19.6. The summed E-state index contributed by atoms with van der Waals surface area (Å²) in [6.07, 6.45) is -3.71. The largest absolute Gasteiger partial charge is 0.447 e. The van der Waals surface area contributed by atoms with Gasteiger partial charge in [-0.25, -0.2) is 18.9 Å². The van der Waals surface area contributed by atoms with Gasteiger partial charge in [-0.15, -0.1) is 0 Å². The summed E-state index contributed by atoms with van der Waals surface area (Å²) in [5.41, 5.74) is 11.3. The number of aryl methyl sites for hydroxylation is 1. The lowest BCUT2D eigenvalue weighted by Crippen LogP contribution is -2.44. The first-order chi connectivity index (χ1) is 33.4. The summed E-state index contributed by atoms with van der Waals surface area (Å²) >= 11 is 0. The number of primary amides is 1. The lowest BCUT2D eigenvalue weighted by molar-refractivity contribution is -0.119. The third kappa shape index (κ3) is 12.7. The second-order valence-electron chi connectivity index (χ2n) is 18.8. The Labute approximate surface area is 409 Å². The number of carbonyl (C=O) groups excluding carboxylic acids is 6. The number of aromatic amines is 1. The number of hydrogen-bond donors (Lipinski definition) is 5. The third-order valence-electron chi connectivity index (χ3n) is 13.0. The summed E-state index contributed by atoms with van der Waals surface area (Å²) < 4.78 is 66.6. The van der Waals surface area contributed by atoms with Gasteiger partial charge in [-0.05, 0) is 112 Å². The minimum absolute atomic E-state index is 0.00550. The van der Waals surface area contributed by atoms with Crippen LogP contribution in [-0.4, -0.2) is 126 Å². The van der Waals surface area contributed by atoms with E-state index in [-0.39, 0.29) is 66.7 Å². The highest BCUT2D eigenvalue weighted by molar-refractivity contribution is 6.35. The molecule has 71 heavy (non-hydrogen) atoms. The predicted molar refractivity (Wildman–Crippen MR) is 259 cm³/mol. The number of amides is 5. The molecule has 6 rings (SSSR count). The summed E-state index contributed by atoms with van der Waals surface area (Å²) in [6, 6.07) is 8.06. The van der Waals surface area contributed by atoms with E-state index in [4.69, 9.17) is 20.9 Å². The maximum absolute atomic E-state index is 14.2. The number of rotatable bonds is 15. The van der Waals surface area contributed by atoms with Gasteiger partial charge < -0.3 is 46.4 Å². The summed E-state index contributed by atoms with van der Waals surface area (Å²) in [5, 5.41) is 6.00. The zero-order chi connectivity index (χ0) is 52.1. The Morgan fingerprint density at radius 1 is 0.944 bits per heavy atom. The van der Waals surface area contributed by atoms with E-state index < -0.39 is 70.5 Å². The van der Waals surface area contributed by atoms with Crippen LogP contribution < -0.4 is 22.1 Å². The van der Waals surface area contributed by atoms with E-state index in [1.54, 1.807) is 33.8 Å². The number of aliphatic imine (C=N–C) groups is 1. The number of fused-ring (bicyclic) bond motifs is 1. The molecule has 17 nitrogen and oxygen atoms in total. The fraction of sp³-hybridized carbons (Fsp3) is 0.460. The fourth-order valence-electron chi connectivity index (χ4n) is 9.02. The number of anilines is 2. The summed E-state index contributed by atoms with van der Waals surface area (Å²) in [5.74, 6) is -3.10. The Balaban J connectivity index is 1.06. The molecule has 0 saturated heterocycles. The van der Waals surface area contributed by atoms with Crippen LogP contribution in [0.2, 0.25) is 0 Å². The molecule has 2 aromatic carbocycles. The van der Waals surface area contributed by atoms with Gasteiger partial charge in [-0.2, -0.15) is 13.2 Å². The van der Waals surface area contributed by atoms with Gasteiger partial charge in [0.05, 0.1) is 40.2 Å². The lowest BCUT2D eigenvalue weighted by Gasteiger charge is -2.32. The second kappa shape index (κ2) is 21.9. The number of nitrogens with two attached hydrogens (primary N) is 2. The minimum atomic E-state index is -4.95. The maximum Gasteiger partial charge on any atom is 0.431 e. The van der Waals surface area contributed by atoms with Gasteiger partial charge in [0.2, 0.25) is 0 Å². The summed E-state index contributed by atoms with van der Waals surface area (Å²) in [6.45, 7) is 12.1. The quantitative estimate of drug-likeness (QED) is 0.0723. The van der Waals surface area contributed by atoms with Gasteiger partial charge in [-0.1, -0.05) is 27.7 Å². The Bertz CT molecular complexity index is 2680. The van der Waals surface area contributed by atoms with E-state index in [0.717, 1.165) is 4.90 Å². The van der Waals surface area contributed by atoms with Gasteiger partial charge in [0.25, 0.3) is 17.7 Å². The number of ether oxygens (including phenoxy) is 2. The highest BCUT2D eigenvalue weighted by Gasteiger charge is 2.43. The van der Waals surface area contributed by atoms with Crippen molar-refractivity contribution in [2.75, 3.05) is 57.0 Å². The molecule has 0 radical (unpaired) electrons. The molecule has 7 N–H and O–H groups in total. The average Bonchev–Trinajstić information content (AvgIpc) is 3.75. The van der Waals surface area contributed by atoms with Crippen LogP contribution in [0.15, 0.2) is 52.7 Å². The molecule has 2 heterocycles. The van der Waals surface area contributed by atoms with Gasteiger partial charge in [0.1, 0.15) is 24.2 Å². The Morgan fingerprint density at radius 3 is 2.28 bits per heavy atom. The summed E-state index contributed by atoms with van der Waals surface area (Å²) in [4.78, 5) is 91.2. The third-order valence-corrected chi connectivity index (χ3v) is 13.0. The van der Waals surface area contributed by atoms with Crippen LogP contribution in [0, 0.1) is 25.1 Å². The number of imide groups is 1. The Morgan fingerprint density at radius 2 is 1.63 bits per heavy atom. The molecule has 2 saturated carbocycles. The monoisotopic (exact) mass is 991 g/mol. The molecule has 2 fully saturated rings. The molecule has 0 unspecified atom stereocenters. The van der Waals surface area contributed by atoms with Gasteiger partial charge in [0, 0.05) is 60.9 Å². The zero-order valence-electron chi connectivity index (χ0n) is 40.9. The standard InChI is InChI=1S/C50H61F4N9O8/c1-8-62(9-2)18-19-63(46(67)41-27(3)37(57-28(41)4)24-35-34-22-29(51)10-17-36(34)60-45(35)66)48(69)70-21-20-61(7)47(68)71-32-14-11-30(12-15-32)58-38-23-31(13-16-33(38)44(56)65)59-39-25-49(5,6)26-40(64)42(39)43(55)50(52,53)54/h10,13,16-17,22-24,30,32,57-58H,8-9,11-12,14-15,18-21,25-26,55H2,1-7H3,(H2,56,65)(H,60,66)/b35-24-,43-42?,59-39?. The highest BCUT2D eigenvalue weighted by atomic mass is 19.4. The fourth-order valence-corrected chi connectivity index (χ4v) is 9.02. The first kappa shape index (κ1) is 53.3. The molecule has 1 aromatic heterocycles. The van der Waals surface area contributed by atoms with E-state index in [1.807, 2.05) is 18.7 Å². The van der Waals surface area contributed by atoms with Crippen LogP contribution in [0.1, 0.15) is 109 Å². The number of carbonyl (C=O) groups is 6. The zero-order valence-corrected chi connectivity index (χ0v) is 40.9. The molecule has 0 bridgehead atoms. The van der Waals surface area contributed by atoms with Crippen molar-refractivity contribution in [3.05, 3.63) is 87.1 Å². The van der Waals surface area contributed by atoms with Crippen LogP contribution in [0.3, 0.4) is 0 Å². The van der Waals surface area contributed by atoms with Crippen molar-refractivity contribution in [2.24, 2.45) is 21.9 Å². The van der Waals surface area contributed by atoms with E-state index in [1.165, 1.54) is 48.3 Å². The molecule has 382 valence electrons. The van der Waals surface area contributed by atoms with Crippen molar-refractivity contribution < 1.29 is 55.8 Å². The number of benzene rings is 2. The van der Waals surface area contributed by atoms with E-state index >= 15 is 0 Å². The number of likely N-dealkylation sites (N-methyl/N-ethyl adjacent to an activating group) is 2. The average molecular weight is 992 g/mol. The van der Waals surface area contributed by atoms with Gasteiger partial charge in [0.15, 0.2) is 5.78 Å². The number of hydrogen-bond acceptors (Lipinski definition) is 12. The van der Waals surface area contributed by atoms with E-state index in [0.29, 0.717) is 79.2 Å². The number of H-pyrrole nitrogens is 1. The Hall–Kier alpha value is -7.03. The minimum Gasteiger partial charge on any atom is -0.447 e. The number of nitrogens with zero attached hydrogens (tertiary/aromatic N) is 4. The van der Waals surface area contributed by atoms with Gasteiger partial charge >= 0.3 is 18.4 Å². The summed E-state index contributed by atoms with van der Waals surface area (Å²) in [7, 11) is 1.48. The van der Waals surface area contributed by atoms with Crippen LogP contribution in [0.4, 0.5) is 44.2 Å². The van der Waals surface area contributed by atoms with Crippen LogP contribution >= 0.6 is 0 Å². The number of halogens is 4. The maximum atomic E-state index is 14.2. The van der Waals surface area contributed by atoms with E-state index in [2.05, 4.69) is 20.6 Å². The number of ketones is 1. The molecule has 1 aliphatic heterocycles. The molecule has 5 amide bonds. The number of nitrogens with one attached hydrogen (secondary N) is 3. The van der Waals surface area contributed by atoms with Crippen molar-refractivity contribution in [3.63, 3.8) is 0 Å². The molecule has 21 heteroatoms. The number of alkyl halides is 3. The van der Waals surface area contributed by atoms with Crippen LogP contribution in [0.25, 0.3) is 11.6 Å². The molecule has 2 aliphatic carbocycles. The van der Waals surface area contributed by atoms with Crippen molar-refractivity contribution >= 4 is 70.1 Å². The second-order valence-corrected chi connectivity index (χ2v) is 18.8. The molecule has 0 atom stereocenters. The molecule has 3 aromatic rings. The van der Waals surface area contributed by atoms with Crippen molar-refractivity contribution in [1.82, 2.24) is 19.7 Å². The number of Topliss-reactive ketones (excluding diaryl/α,β-unsaturated/α-hetero) is 1. The number of allylic oxidation sites excluding steroid dienone is 2. The first-order valence-corrected chi connectivity index (χ1v) is 23.4. The highest BCUT2D eigenvalue weighted by Crippen LogP contribution is 2.40. The molecular formula is C50H61F4N9O8. The molecule has 3 aliphatic rings. The smallest absolute Gasteiger partial charge is 0.431 e. The van der Waals surface area contributed by atoms with Crippen LogP contribution in [-0.2, 0) is 19.1 Å². The lowest BCUT2D eigenvalue weighted by atomic mass is 9.73. The Kier molecular flexibility index (Phi) is 16.5.